The summed E-state index contributed by atoms with van der Waals surface area (Å²) in [5.41, 5.74) is 9.70. The Bertz CT molecular complexity index is 650. The van der Waals surface area contributed by atoms with Crippen molar-refractivity contribution >= 4 is 10.9 Å². The molecule has 1 fully saturated rings. The van der Waals surface area contributed by atoms with Crippen LogP contribution in [-0.4, -0.2) is 47.3 Å². The van der Waals surface area contributed by atoms with Crippen LogP contribution in [0.5, 0.6) is 0 Å². The molecular formula is C16H21N3O. The second-order valence-electron chi connectivity index (χ2n) is 6.31. The molecule has 2 aliphatic rings. The van der Waals surface area contributed by atoms with Crippen LogP contribution in [0, 0.1) is 5.92 Å². The van der Waals surface area contributed by atoms with Crippen LogP contribution in [0.25, 0.3) is 10.9 Å². The van der Waals surface area contributed by atoms with Gasteiger partial charge in [0.25, 0.3) is 0 Å². The van der Waals surface area contributed by atoms with Gasteiger partial charge in [0.15, 0.2) is 0 Å². The number of aromatic nitrogens is 1. The molecule has 4 nitrogen and oxygen atoms in total. The van der Waals surface area contributed by atoms with Crippen LogP contribution in [0.1, 0.15) is 17.0 Å². The van der Waals surface area contributed by atoms with E-state index in [1.165, 1.54) is 22.0 Å². The van der Waals surface area contributed by atoms with Crippen LogP contribution in [0.2, 0.25) is 0 Å². The molecule has 0 amide bonds. The Kier molecular flexibility index (Phi) is 2.67. The number of benzene rings is 1. The Labute approximate surface area is 118 Å². The maximum atomic E-state index is 10.8. The summed E-state index contributed by atoms with van der Waals surface area (Å²) >= 11 is 0. The molecule has 0 radical (unpaired) electrons. The molecule has 0 bridgehead atoms. The first kappa shape index (κ1) is 12.4. The van der Waals surface area contributed by atoms with Gasteiger partial charge in [0.05, 0.1) is 6.10 Å². The molecule has 20 heavy (non-hydrogen) atoms. The molecule has 106 valence electrons. The van der Waals surface area contributed by atoms with Crippen LogP contribution in [-0.2, 0) is 6.42 Å². The molecule has 1 aromatic heterocycles. The fourth-order valence-corrected chi connectivity index (χ4v) is 4.25. The second kappa shape index (κ2) is 4.32. The lowest BCUT2D eigenvalue weighted by atomic mass is 9.70. The average Bonchev–Trinajstić information content (AvgIpc) is 2.87. The average molecular weight is 271 g/mol. The number of nitrogens with zero attached hydrogens (tertiary/aromatic N) is 1. The summed E-state index contributed by atoms with van der Waals surface area (Å²) in [7, 11) is 2.16. The van der Waals surface area contributed by atoms with Gasteiger partial charge in [-0.15, -0.1) is 0 Å². The first-order valence-electron chi connectivity index (χ1n) is 7.38. The molecule has 4 rings (SSSR count). The summed E-state index contributed by atoms with van der Waals surface area (Å²) in [5, 5.41) is 12.1. The van der Waals surface area contributed by atoms with E-state index in [-0.39, 0.29) is 17.9 Å². The number of aliphatic hydroxyl groups is 1. The molecule has 2 aromatic rings. The minimum Gasteiger partial charge on any atom is -0.392 e. The van der Waals surface area contributed by atoms with Gasteiger partial charge in [-0.3, -0.25) is 0 Å². The van der Waals surface area contributed by atoms with Crippen LogP contribution < -0.4 is 5.73 Å². The molecule has 0 spiro atoms. The Morgan fingerprint density at radius 1 is 1.45 bits per heavy atom. The third-order valence-corrected chi connectivity index (χ3v) is 5.26. The lowest BCUT2D eigenvalue weighted by Crippen LogP contribution is -2.56. The largest absolute Gasteiger partial charge is 0.392 e. The monoisotopic (exact) mass is 271 g/mol. The molecular weight excluding hydrogens is 250 g/mol. The number of piperidine rings is 1. The SMILES string of the molecule is CN1C[C@H](CN)[C@@H](O)[C@@H]2c3cccc4[nH]cc(c34)C[C@H]21. The zero-order valence-corrected chi connectivity index (χ0v) is 11.7. The summed E-state index contributed by atoms with van der Waals surface area (Å²) < 4.78 is 0. The van der Waals surface area contributed by atoms with Crippen LogP contribution >= 0.6 is 0 Å². The van der Waals surface area contributed by atoms with E-state index in [9.17, 15) is 5.11 Å². The Morgan fingerprint density at radius 3 is 3.10 bits per heavy atom. The van der Waals surface area contributed by atoms with E-state index >= 15 is 0 Å². The molecule has 1 saturated heterocycles. The highest BCUT2D eigenvalue weighted by Crippen LogP contribution is 2.44. The topological polar surface area (TPSA) is 65.3 Å². The fraction of sp³-hybridized carbons (Fsp3) is 0.500. The van der Waals surface area contributed by atoms with Crippen molar-refractivity contribution in [1.29, 1.82) is 0 Å². The number of hydrogen-bond donors (Lipinski definition) is 3. The number of nitrogens with two attached hydrogens (primary N) is 1. The maximum Gasteiger partial charge on any atom is 0.0676 e. The van der Waals surface area contributed by atoms with Gasteiger partial charge in [-0.2, -0.15) is 0 Å². The van der Waals surface area contributed by atoms with Crippen LogP contribution in [0.3, 0.4) is 0 Å². The number of aromatic amines is 1. The number of aliphatic hydroxyl groups excluding tert-OH is 1. The van der Waals surface area contributed by atoms with Gasteiger partial charge in [-0.25, -0.2) is 0 Å². The molecule has 1 aromatic carbocycles. The second-order valence-corrected chi connectivity index (χ2v) is 6.31. The summed E-state index contributed by atoms with van der Waals surface area (Å²) in [6.45, 7) is 1.43. The molecule has 4 heteroatoms. The third-order valence-electron chi connectivity index (χ3n) is 5.26. The molecule has 0 unspecified atom stereocenters. The first-order valence-corrected chi connectivity index (χ1v) is 7.38. The van der Waals surface area contributed by atoms with Crippen molar-refractivity contribution in [1.82, 2.24) is 9.88 Å². The number of H-pyrrole nitrogens is 1. The van der Waals surface area contributed by atoms with E-state index in [1.54, 1.807) is 0 Å². The quantitative estimate of drug-likeness (QED) is 0.726. The van der Waals surface area contributed by atoms with Gasteiger partial charge in [0, 0.05) is 41.5 Å². The van der Waals surface area contributed by atoms with E-state index in [0.717, 1.165) is 13.0 Å². The maximum absolute atomic E-state index is 10.8. The molecule has 0 saturated carbocycles. The molecule has 4 N–H and O–H groups in total. The predicted octanol–water partition coefficient (Wildman–Crippen LogP) is 1.06. The molecule has 2 heterocycles. The van der Waals surface area contributed by atoms with Crippen molar-refractivity contribution < 1.29 is 5.11 Å². The number of nitrogens with one attached hydrogen (secondary N) is 1. The first-order chi connectivity index (χ1) is 9.70. The Balaban J connectivity index is 1.90. The predicted molar refractivity (Wildman–Crippen MR) is 79.7 cm³/mol. The van der Waals surface area contributed by atoms with Crippen LogP contribution in [0.15, 0.2) is 24.4 Å². The lowest BCUT2D eigenvalue weighted by molar-refractivity contribution is -0.0146. The van der Waals surface area contributed by atoms with Gasteiger partial charge >= 0.3 is 0 Å². The van der Waals surface area contributed by atoms with Crippen molar-refractivity contribution in [3.63, 3.8) is 0 Å². The van der Waals surface area contributed by atoms with Crippen molar-refractivity contribution in [3.8, 4) is 0 Å². The Morgan fingerprint density at radius 2 is 2.30 bits per heavy atom. The number of rotatable bonds is 1. The smallest absolute Gasteiger partial charge is 0.0676 e. The number of likely N-dealkylation sites (tertiary alicyclic amines) is 1. The van der Waals surface area contributed by atoms with E-state index in [0.29, 0.717) is 12.6 Å². The summed E-state index contributed by atoms with van der Waals surface area (Å²) in [5.74, 6) is 0.339. The third kappa shape index (κ3) is 1.53. The zero-order chi connectivity index (χ0) is 13.9. The normalized spacial score (nSPS) is 33.4. The van der Waals surface area contributed by atoms with Gasteiger partial charge in [-0.1, -0.05) is 12.1 Å². The molecule has 1 aliphatic carbocycles. The van der Waals surface area contributed by atoms with Crippen molar-refractivity contribution in [2.75, 3.05) is 20.1 Å². The number of fused-ring (bicyclic) bond motifs is 2. The summed E-state index contributed by atoms with van der Waals surface area (Å²) in [6, 6.07) is 6.75. The van der Waals surface area contributed by atoms with Crippen molar-refractivity contribution in [2.45, 2.75) is 24.5 Å². The van der Waals surface area contributed by atoms with Crippen molar-refractivity contribution in [2.24, 2.45) is 11.7 Å². The van der Waals surface area contributed by atoms with Crippen LogP contribution in [0.4, 0.5) is 0 Å². The van der Waals surface area contributed by atoms with Gasteiger partial charge in [0.1, 0.15) is 0 Å². The van der Waals surface area contributed by atoms with Crippen molar-refractivity contribution in [3.05, 3.63) is 35.5 Å². The molecule has 1 aliphatic heterocycles. The summed E-state index contributed by atoms with van der Waals surface area (Å²) in [4.78, 5) is 5.74. The number of likely N-dealkylation sites (N-methyl/N-ethyl adjacent to an activating group) is 1. The van der Waals surface area contributed by atoms with Gasteiger partial charge < -0.3 is 20.7 Å². The summed E-state index contributed by atoms with van der Waals surface area (Å²) in [6.07, 6.45) is 2.79. The van der Waals surface area contributed by atoms with E-state index in [4.69, 9.17) is 5.73 Å². The standard InChI is InChI=1S/C16H21N3O/c1-19-8-10(6-17)16(20)15-11-3-2-4-12-14(11)9(7-18-12)5-13(15)19/h2-4,7,10,13,15-16,18,20H,5-6,8,17H2,1H3/t10-,13+,15+,16+/m0/s1. The fourth-order valence-electron chi connectivity index (χ4n) is 4.25. The lowest BCUT2D eigenvalue weighted by Gasteiger charge is -2.48. The molecule has 4 atom stereocenters. The zero-order valence-electron chi connectivity index (χ0n) is 11.7. The highest BCUT2D eigenvalue weighted by atomic mass is 16.3. The highest BCUT2D eigenvalue weighted by Gasteiger charge is 2.44. The minimum absolute atomic E-state index is 0.164. The van der Waals surface area contributed by atoms with Gasteiger partial charge in [0.2, 0.25) is 0 Å². The van der Waals surface area contributed by atoms with E-state index < -0.39 is 0 Å². The van der Waals surface area contributed by atoms with E-state index in [1.807, 2.05) is 0 Å². The number of hydrogen-bond acceptors (Lipinski definition) is 3. The Hall–Kier alpha value is -1.36. The minimum atomic E-state index is -0.338. The highest BCUT2D eigenvalue weighted by molar-refractivity contribution is 5.88. The van der Waals surface area contributed by atoms with Gasteiger partial charge in [-0.05, 0) is 37.2 Å². The van der Waals surface area contributed by atoms with E-state index in [2.05, 4.69) is 41.3 Å².